The standard InChI is InChI=1S/C29H28ClFN4O4S/c1-17-12-20(13-27-28(36)33(29(37)40-27)16-19-8-9-21(31)14-24(19)30)18(2)34(17)23-10-11-25(26(15-23)35(38)39)32-22-6-4-3-5-7-22/h8-15,22,32H,3-7,16H2,1-2H3/b27-13-. The number of anilines is 1. The summed E-state index contributed by atoms with van der Waals surface area (Å²) in [6.45, 7) is 3.68. The summed E-state index contributed by atoms with van der Waals surface area (Å²) < 4.78 is 15.3. The molecule has 0 bridgehead atoms. The molecule has 0 unspecified atom stereocenters. The zero-order valence-electron chi connectivity index (χ0n) is 22.1. The number of thioether (sulfide) groups is 1. The molecular formula is C29H28ClFN4O4S. The van der Waals surface area contributed by atoms with Crippen LogP contribution in [0.1, 0.15) is 54.6 Å². The molecule has 8 nitrogen and oxygen atoms in total. The second-order valence-corrected chi connectivity index (χ2v) is 11.5. The van der Waals surface area contributed by atoms with E-state index in [9.17, 15) is 24.1 Å². The lowest BCUT2D eigenvalue weighted by atomic mass is 9.95. The summed E-state index contributed by atoms with van der Waals surface area (Å²) in [5, 5.41) is 15.0. The van der Waals surface area contributed by atoms with Gasteiger partial charge in [0.1, 0.15) is 11.5 Å². The first-order chi connectivity index (χ1) is 19.1. The van der Waals surface area contributed by atoms with Crippen molar-refractivity contribution in [1.82, 2.24) is 9.47 Å². The van der Waals surface area contributed by atoms with Crippen LogP contribution in [-0.4, -0.2) is 31.6 Å². The number of imide groups is 1. The van der Waals surface area contributed by atoms with Crippen LogP contribution in [0, 0.1) is 29.8 Å². The Labute approximate surface area is 240 Å². The Morgan fingerprint density at radius 2 is 1.88 bits per heavy atom. The molecule has 2 amide bonds. The second kappa shape index (κ2) is 11.5. The third-order valence-corrected chi connectivity index (χ3v) is 8.63. The summed E-state index contributed by atoms with van der Waals surface area (Å²) in [5.41, 5.74) is 3.93. The van der Waals surface area contributed by atoms with E-state index in [0.717, 1.165) is 65.4 Å². The van der Waals surface area contributed by atoms with Crippen molar-refractivity contribution in [3.05, 3.63) is 90.8 Å². The summed E-state index contributed by atoms with van der Waals surface area (Å²) >= 11 is 6.92. The number of nitrogens with zero attached hydrogens (tertiary/aromatic N) is 3. The highest BCUT2D eigenvalue weighted by atomic mass is 35.5. The van der Waals surface area contributed by atoms with E-state index >= 15 is 0 Å². The second-order valence-electron chi connectivity index (χ2n) is 10.1. The van der Waals surface area contributed by atoms with E-state index in [1.54, 1.807) is 18.2 Å². The van der Waals surface area contributed by atoms with E-state index in [1.807, 2.05) is 30.5 Å². The van der Waals surface area contributed by atoms with Gasteiger partial charge in [0.15, 0.2) is 0 Å². The quantitative estimate of drug-likeness (QED) is 0.173. The van der Waals surface area contributed by atoms with Crippen molar-refractivity contribution in [3.8, 4) is 5.69 Å². The Balaban J connectivity index is 1.41. The lowest BCUT2D eigenvalue weighted by molar-refractivity contribution is -0.384. The number of benzene rings is 2. The van der Waals surface area contributed by atoms with Gasteiger partial charge in [-0.1, -0.05) is 36.9 Å². The molecule has 0 spiro atoms. The molecule has 1 saturated carbocycles. The fourth-order valence-corrected chi connectivity index (χ4v) is 6.38. The highest BCUT2D eigenvalue weighted by Crippen LogP contribution is 2.36. The minimum atomic E-state index is -0.501. The zero-order valence-corrected chi connectivity index (χ0v) is 23.7. The first-order valence-electron chi connectivity index (χ1n) is 13.1. The molecule has 1 saturated heterocycles. The fourth-order valence-electron chi connectivity index (χ4n) is 5.33. The Hall–Kier alpha value is -3.63. The first kappa shape index (κ1) is 27.9. The van der Waals surface area contributed by atoms with Gasteiger partial charge < -0.3 is 9.88 Å². The maximum absolute atomic E-state index is 13.4. The molecule has 0 atom stereocenters. The number of nitro groups is 1. The van der Waals surface area contributed by atoms with Crippen LogP contribution in [0.15, 0.2) is 47.4 Å². The molecule has 1 aliphatic carbocycles. The summed E-state index contributed by atoms with van der Waals surface area (Å²) in [5.74, 6) is -0.965. The predicted octanol–water partition coefficient (Wildman–Crippen LogP) is 7.78. The van der Waals surface area contributed by atoms with Crippen LogP contribution in [0.25, 0.3) is 11.8 Å². The molecule has 40 heavy (non-hydrogen) atoms. The summed E-state index contributed by atoms with van der Waals surface area (Å²) in [7, 11) is 0. The smallest absolute Gasteiger partial charge is 0.294 e. The number of rotatable bonds is 7. The van der Waals surface area contributed by atoms with E-state index in [0.29, 0.717) is 16.9 Å². The van der Waals surface area contributed by atoms with Gasteiger partial charge in [0.25, 0.3) is 16.8 Å². The van der Waals surface area contributed by atoms with Crippen molar-refractivity contribution in [2.24, 2.45) is 0 Å². The molecule has 2 heterocycles. The van der Waals surface area contributed by atoms with Gasteiger partial charge in [-0.2, -0.15) is 0 Å². The summed E-state index contributed by atoms with van der Waals surface area (Å²) in [6, 6.07) is 11.1. The van der Waals surface area contributed by atoms with Crippen molar-refractivity contribution in [3.63, 3.8) is 0 Å². The van der Waals surface area contributed by atoms with E-state index in [-0.39, 0.29) is 33.1 Å². The third-order valence-electron chi connectivity index (χ3n) is 7.38. The molecule has 1 aliphatic heterocycles. The average molecular weight is 583 g/mol. The number of nitrogens with one attached hydrogen (secondary N) is 1. The summed E-state index contributed by atoms with van der Waals surface area (Å²) in [4.78, 5) is 38.7. The Morgan fingerprint density at radius 1 is 1.12 bits per heavy atom. The van der Waals surface area contributed by atoms with Crippen molar-refractivity contribution in [2.45, 2.75) is 58.5 Å². The maximum atomic E-state index is 13.4. The fraction of sp³-hybridized carbons (Fsp3) is 0.310. The number of carbonyl (C=O) groups excluding carboxylic acids is 2. The van der Waals surface area contributed by atoms with Crippen molar-refractivity contribution < 1.29 is 18.9 Å². The van der Waals surface area contributed by atoms with Crippen LogP contribution in [0.3, 0.4) is 0 Å². The number of hydrogen-bond donors (Lipinski definition) is 1. The molecule has 2 fully saturated rings. The molecule has 5 rings (SSSR count). The largest absolute Gasteiger partial charge is 0.377 e. The minimum Gasteiger partial charge on any atom is -0.377 e. The number of carbonyl (C=O) groups is 2. The van der Waals surface area contributed by atoms with E-state index in [4.69, 9.17) is 11.6 Å². The SMILES string of the molecule is Cc1cc(/C=C2\SC(=O)N(Cc3ccc(F)cc3Cl)C2=O)c(C)n1-c1ccc(NC2CCCCC2)c([N+](=O)[O-])c1. The number of aryl methyl sites for hydroxylation is 1. The highest BCUT2D eigenvalue weighted by molar-refractivity contribution is 8.18. The van der Waals surface area contributed by atoms with Gasteiger partial charge in [-0.25, -0.2) is 4.39 Å². The number of halogens is 2. The number of amides is 2. The molecule has 0 radical (unpaired) electrons. The van der Waals surface area contributed by atoms with Crippen LogP contribution in [0.4, 0.5) is 20.6 Å². The van der Waals surface area contributed by atoms with Gasteiger partial charge in [-0.3, -0.25) is 24.6 Å². The average Bonchev–Trinajstić information content (AvgIpc) is 3.34. The van der Waals surface area contributed by atoms with Gasteiger partial charge in [-0.15, -0.1) is 0 Å². The predicted molar refractivity (Wildman–Crippen MR) is 155 cm³/mol. The van der Waals surface area contributed by atoms with Crippen LogP contribution < -0.4 is 5.32 Å². The normalized spacial score (nSPS) is 17.2. The Bertz CT molecular complexity index is 1550. The lowest BCUT2D eigenvalue weighted by Gasteiger charge is -2.24. The van der Waals surface area contributed by atoms with E-state index in [2.05, 4.69) is 5.32 Å². The van der Waals surface area contributed by atoms with Crippen LogP contribution in [-0.2, 0) is 11.3 Å². The van der Waals surface area contributed by atoms with Crippen molar-refractivity contribution in [1.29, 1.82) is 0 Å². The minimum absolute atomic E-state index is 0.0118. The molecule has 3 aromatic rings. The topological polar surface area (TPSA) is 97.5 Å². The lowest BCUT2D eigenvalue weighted by Crippen LogP contribution is -2.27. The van der Waals surface area contributed by atoms with Crippen LogP contribution in [0.2, 0.25) is 5.02 Å². The zero-order chi connectivity index (χ0) is 28.6. The number of aromatic nitrogens is 1. The first-order valence-corrected chi connectivity index (χ1v) is 14.3. The number of hydrogen-bond acceptors (Lipinski definition) is 6. The number of nitro benzene ring substituents is 1. The van der Waals surface area contributed by atoms with Gasteiger partial charge in [-0.05, 0) is 86.0 Å². The van der Waals surface area contributed by atoms with E-state index < -0.39 is 17.0 Å². The highest BCUT2D eigenvalue weighted by Gasteiger charge is 2.35. The monoisotopic (exact) mass is 582 g/mol. The molecule has 2 aliphatic rings. The van der Waals surface area contributed by atoms with Crippen molar-refractivity contribution >= 4 is 52.0 Å². The Morgan fingerprint density at radius 3 is 2.58 bits per heavy atom. The molecule has 11 heteroatoms. The molecule has 1 aromatic heterocycles. The van der Waals surface area contributed by atoms with E-state index in [1.165, 1.54) is 18.6 Å². The molecular weight excluding hydrogens is 555 g/mol. The summed E-state index contributed by atoms with van der Waals surface area (Å²) in [6.07, 6.45) is 7.09. The Kier molecular flexibility index (Phi) is 8.00. The van der Waals surface area contributed by atoms with Gasteiger partial charge in [0.05, 0.1) is 22.1 Å². The van der Waals surface area contributed by atoms with Crippen LogP contribution >= 0.6 is 23.4 Å². The van der Waals surface area contributed by atoms with Crippen LogP contribution in [0.5, 0.6) is 0 Å². The van der Waals surface area contributed by atoms with Gasteiger partial charge >= 0.3 is 0 Å². The molecule has 2 aromatic carbocycles. The van der Waals surface area contributed by atoms with Gasteiger partial charge in [0.2, 0.25) is 0 Å². The van der Waals surface area contributed by atoms with Gasteiger partial charge in [0, 0.05) is 28.5 Å². The molecule has 1 N–H and O–H groups in total. The third kappa shape index (κ3) is 5.64. The maximum Gasteiger partial charge on any atom is 0.294 e. The van der Waals surface area contributed by atoms with Crippen molar-refractivity contribution in [2.75, 3.05) is 5.32 Å². The molecule has 208 valence electrons.